The number of hydrogen-bond acceptors (Lipinski definition) is 3. The SMILES string of the molecule is CCCCCCCCCCCCCCCC(=O)N[C@@H](CC(C)C)C(=O)OC(C)(C)C. The number of nitrogens with one attached hydrogen (secondary N) is 1. The maximum Gasteiger partial charge on any atom is 0.329 e. The van der Waals surface area contributed by atoms with Crippen LogP contribution in [0.15, 0.2) is 0 Å². The van der Waals surface area contributed by atoms with E-state index in [1.54, 1.807) is 0 Å². The van der Waals surface area contributed by atoms with Crippen molar-refractivity contribution in [2.75, 3.05) is 0 Å². The minimum absolute atomic E-state index is 0.0328. The van der Waals surface area contributed by atoms with E-state index < -0.39 is 11.6 Å². The van der Waals surface area contributed by atoms with Gasteiger partial charge in [-0.05, 0) is 39.5 Å². The van der Waals surface area contributed by atoms with Crippen molar-refractivity contribution in [3.63, 3.8) is 0 Å². The van der Waals surface area contributed by atoms with Crippen LogP contribution in [0.5, 0.6) is 0 Å². The molecule has 4 heteroatoms. The minimum atomic E-state index is -0.543. The Hall–Kier alpha value is -1.06. The summed E-state index contributed by atoms with van der Waals surface area (Å²) in [6, 6.07) is -0.543. The van der Waals surface area contributed by atoms with E-state index >= 15 is 0 Å². The van der Waals surface area contributed by atoms with E-state index in [1.807, 2.05) is 20.8 Å². The molecule has 0 heterocycles. The van der Waals surface area contributed by atoms with Crippen molar-refractivity contribution in [2.24, 2.45) is 5.92 Å². The van der Waals surface area contributed by atoms with Gasteiger partial charge >= 0.3 is 5.97 Å². The summed E-state index contributed by atoms with van der Waals surface area (Å²) in [5.74, 6) is -0.0383. The molecular weight excluding hydrogens is 374 g/mol. The molecule has 0 rings (SSSR count). The highest BCUT2D eigenvalue weighted by molar-refractivity contribution is 5.84. The van der Waals surface area contributed by atoms with Gasteiger partial charge in [-0.15, -0.1) is 0 Å². The van der Waals surface area contributed by atoms with Gasteiger partial charge < -0.3 is 10.1 Å². The topological polar surface area (TPSA) is 55.4 Å². The molecule has 178 valence electrons. The maximum atomic E-state index is 12.4. The van der Waals surface area contributed by atoms with Crippen molar-refractivity contribution in [3.05, 3.63) is 0 Å². The Bertz CT molecular complexity index is 440. The number of amides is 1. The van der Waals surface area contributed by atoms with Crippen molar-refractivity contribution in [1.29, 1.82) is 0 Å². The van der Waals surface area contributed by atoms with Crippen molar-refractivity contribution in [2.45, 2.75) is 149 Å². The van der Waals surface area contributed by atoms with Gasteiger partial charge in [0.05, 0.1) is 0 Å². The first kappa shape index (κ1) is 28.9. The second-order valence-electron chi connectivity index (χ2n) is 10.3. The van der Waals surface area contributed by atoms with Gasteiger partial charge in [-0.3, -0.25) is 4.79 Å². The number of hydrogen-bond donors (Lipinski definition) is 1. The second kappa shape index (κ2) is 17.6. The van der Waals surface area contributed by atoms with E-state index in [4.69, 9.17) is 4.74 Å². The van der Waals surface area contributed by atoms with Gasteiger partial charge in [-0.2, -0.15) is 0 Å². The molecule has 1 N–H and O–H groups in total. The molecule has 0 aromatic carbocycles. The van der Waals surface area contributed by atoms with Crippen molar-refractivity contribution < 1.29 is 14.3 Å². The lowest BCUT2D eigenvalue weighted by molar-refractivity contribution is -0.159. The molecule has 0 aromatic rings. The molecule has 1 amide bonds. The van der Waals surface area contributed by atoms with Gasteiger partial charge in [-0.25, -0.2) is 4.79 Å². The van der Waals surface area contributed by atoms with Gasteiger partial charge in [0.15, 0.2) is 0 Å². The summed E-state index contributed by atoms with van der Waals surface area (Å²) < 4.78 is 5.47. The standard InChI is InChI=1S/C26H51NO3/c1-7-8-9-10-11-12-13-14-15-16-17-18-19-20-24(28)27-23(21-22(2)3)25(29)30-26(4,5)6/h22-23H,7-21H2,1-6H3,(H,27,28)/t23-/m0/s1. The Morgan fingerprint density at radius 3 is 1.60 bits per heavy atom. The fraction of sp³-hybridized carbons (Fsp3) is 0.923. The lowest BCUT2D eigenvalue weighted by Gasteiger charge is -2.25. The van der Waals surface area contributed by atoms with Crippen LogP contribution in [-0.4, -0.2) is 23.5 Å². The third-order valence-electron chi connectivity index (χ3n) is 5.24. The van der Waals surface area contributed by atoms with Crippen molar-refractivity contribution in [3.8, 4) is 0 Å². The summed E-state index contributed by atoms with van der Waals surface area (Å²) >= 11 is 0. The molecule has 0 aliphatic heterocycles. The highest BCUT2D eigenvalue weighted by Crippen LogP contribution is 2.15. The van der Waals surface area contributed by atoms with Crippen molar-refractivity contribution >= 4 is 11.9 Å². The molecule has 0 bridgehead atoms. The minimum Gasteiger partial charge on any atom is -0.458 e. The monoisotopic (exact) mass is 425 g/mol. The Morgan fingerprint density at radius 1 is 0.767 bits per heavy atom. The number of carbonyl (C=O) groups excluding carboxylic acids is 2. The van der Waals surface area contributed by atoms with Crippen LogP contribution in [-0.2, 0) is 14.3 Å². The smallest absolute Gasteiger partial charge is 0.329 e. The predicted octanol–water partition coefficient (Wildman–Crippen LogP) is 7.34. The average molecular weight is 426 g/mol. The fourth-order valence-electron chi connectivity index (χ4n) is 3.63. The van der Waals surface area contributed by atoms with E-state index in [0.717, 1.165) is 12.8 Å². The highest BCUT2D eigenvalue weighted by atomic mass is 16.6. The fourth-order valence-corrected chi connectivity index (χ4v) is 3.63. The van der Waals surface area contributed by atoms with Gasteiger partial charge in [0.1, 0.15) is 11.6 Å². The Labute approximate surface area is 187 Å². The molecular formula is C26H51NO3. The van der Waals surface area contributed by atoms with E-state index in [1.165, 1.54) is 70.6 Å². The number of carbonyl (C=O) groups is 2. The van der Waals surface area contributed by atoms with Crippen LogP contribution >= 0.6 is 0 Å². The zero-order chi connectivity index (χ0) is 22.8. The summed E-state index contributed by atoms with van der Waals surface area (Å²) in [7, 11) is 0. The van der Waals surface area contributed by atoms with E-state index in [9.17, 15) is 9.59 Å². The highest BCUT2D eigenvalue weighted by Gasteiger charge is 2.27. The maximum absolute atomic E-state index is 12.4. The summed E-state index contributed by atoms with van der Waals surface area (Å²) in [4.78, 5) is 24.7. The van der Waals surface area contributed by atoms with E-state index in [0.29, 0.717) is 18.8 Å². The van der Waals surface area contributed by atoms with E-state index in [2.05, 4.69) is 26.1 Å². The van der Waals surface area contributed by atoms with Crippen molar-refractivity contribution in [1.82, 2.24) is 5.32 Å². The Kier molecular flexibility index (Phi) is 17.0. The van der Waals surface area contributed by atoms with E-state index in [-0.39, 0.29) is 11.9 Å². The molecule has 0 fully saturated rings. The third-order valence-corrected chi connectivity index (χ3v) is 5.24. The van der Waals surface area contributed by atoms with Crippen LogP contribution in [0.25, 0.3) is 0 Å². The molecule has 30 heavy (non-hydrogen) atoms. The van der Waals surface area contributed by atoms with Gasteiger partial charge in [-0.1, -0.05) is 97.8 Å². The largest absolute Gasteiger partial charge is 0.458 e. The molecule has 0 aliphatic rings. The molecule has 0 aromatic heterocycles. The summed E-state index contributed by atoms with van der Waals surface area (Å²) in [5.41, 5.74) is -0.536. The first-order valence-electron chi connectivity index (χ1n) is 12.7. The first-order chi connectivity index (χ1) is 14.2. The predicted molar refractivity (Wildman–Crippen MR) is 128 cm³/mol. The second-order valence-corrected chi connectivity index (χ2v) is 10.3. The van der Waals surface area contributed by atoms with Crippen LogP contribution in [0.4, 0.5) is 0 Å². The summed E-state index contributed by atoms with van der Waals surface area (Å²) in [6.07, 6.45) is 17.9. The van der Waals surface area contributed by atoms with Crippen LogP contribution < -0.4 is 5.32 Å². The lowest BCUT2D eigenvalue weighted by atomic mass is 10.0. The zero-order valence-electron chi connectivity index (χ0n) is 21.0. The Morgan fingerprint density at radius 2 is 1.20 bits per heavy atom. The quantitative estimate of drug-likeness (QED) is 0.185. The first-order valence-corrected chi connectivity index (χ1v) is 12.7. The molecule has 0 spiro atoms. The molecule has 1 atom stereocenters. The lowest BCUT2D eigenvalue weighted by Crippen LogP contribution is -2.44. The summed E-state index contributed by atoms with van der Waals surface area (Å²) in [6.45, 7) is 11.9. The number of unbranched alkanes of at least 4 members (excludes halogenated alkanes) is 12. The number of esters is 1. The van der Waals surface area contributed by atoms with Gasteiger partial charge in [0, 0.05) is 6.42 Å². The zero-order valence-corrected chi connectivity index (χ0v) is 21.0. The number of ether oxygens (including phenoxy) is 1. The molecule has 0 saturated carbocycles. The Balaban J connectivity index is 3.82. The molecule has 0 saturated heterocycles. The van der Waals surface area contributed by atoms with Gasteiger partial charge in [0.2, 0.25) is 5.91 Å². The molecule has 0 aliphatic carbocycles. The average Bonchev–Trinajstić information content (AvgIpc) is 2.63. The van der Waals surface area contributed by atoms with Crippen LogP contribution in [0.2, 0.25) is 0 Å². The number of rotatable bonds is 18. The van der Waals surface area contributed by atoms with Crippen LogP contribution in [0, 0.1) is 5.92 Å². The molecule has 0 radical (unpaired) electrons. The van der Waals surface area contributed by atoms with Gasteiger partial charge in [0.25, 0.3) is 0 Å². The summed E-state index contributed by atoms with van der Waals surface area (Å²) in [5, 5.41) is 2.90. The van der Waals surface area contributed by atoms with Crippen LogP contribution in [0.3, 0.4) is 0 Å². The normalized spacial score (nSPS) is 12.8. The molecule has 4 nitrogen and oxygen atoms in total. The third kappa shape index (κ3) is 18.9. The molecule has 0 unspecified atom stereocenters. The van der Waals surface area contributed by atoms with Crippen LogP contribution in [0.1, 0.15) is 138 Å².